The smallest absolute Gasteiger partial charge is 0.0981 e. The van der Waals surface area contributed by atoms with E-state index in [9.17, 15) is 0 Å². The van der Waals surface area contributed by atoms with Gasteiger partial charge in [0.25, 0.3) is 0 Å². The Kier molecular flexibility index (Phi) is 5.59. The fourth-order valence-corrected chi connectivity index (χ4v) is 3.75. The zero-order valence-corrected chi connectivity index (χ0v) is 12.2. The van der Waals surface area contributed by atoms with E-state index in [-0.39, 0.29) is 0 Å². The maximum atomic E-state index is 5.88. The maximum absolute atomic E-state index is 5.88. The second-order valence-corrected chi connectivity index (χ2v) is 6.48. The normalized spacial score (nSPS) is 37.9. The minimum Gasteiger partial charge on any atom is -0.498 e. The standard InChI is InChI=1S/C17H30O/c1-3-4-12-18-17-7-5-6-16(13-17)15-10-8-14(2)9-11-15/h4,12,14-17H,3,5-11,13H2,1-2H3/b12-4+. The first kappa shape index (κ1) is 14.0. The van der Waals surface area contributed by atoms with Crippen molar-refractivity contribution < 1.29 is 4.74 Å². The van der Waals surface area contributed by atoms with Gasteiger partial charge in [-0.3, -0.25) is 0 Å². The minimum atomic E-state index is 0.505. The molecule has 2 fully saturated rings. The molecule has 1 nitrogen and oxygen atoms in total. The summed E-state index contributed by atoms with van der Waals surface area (Å²) in [7, 11) is 0. The summed E-state index contributed by atoms with van der Waals surface area (Å²) in [5, 5.41) is 0. The number of rotatable bonds is 4. The van der Waals surface area contributed by atoms with E-state index < -0.39 is 0 Å². The lowest BCUT2D eigenvalue weighted by atomic mass is 9.71. The van der Waals surface area contributed by atoms with E-state index in [1.54, 1.807) is 0 Å². The van der Waals surface area contributed by atoms with Crippen LogP contribution in [0.2, 0.25) is 0 Å². The second kappa shape index (κ2) is 7.21. The predicted molar refractivity (Wildman–Crippen MR) is 77.4 cm³/mol. The highest BCUT2D eigenvalue weighted by atomic mass is 16.5. The van der Waals surface area contributed by atoms with Gasteiger partial charge in [0.1, 0.15) is 0 Å². The molecule has 2 atom stereocenters. The summed E-state index contributed by atoms with van der Waals surface area (Å²) in [5.74, 6) is 2.93. The Morgan fingerprint density at radius 3 is 2.50 bits per heavy atom. The first-order chi connectivity index (χ1) is 8.79. The molecule has 0 saturated heterocycles. The predicted octanol–water partition coefficient (Wildman–Crippen LogP) is 5.31. The van der Waals surface area contributed by atoms with Crippen LogP contribution in [0.4, 0.5) is 0 Å². The van der Waals surface area contributed by atoms with E-state index in [1.807, 2.05) is 6.26 Å². The molecule has 0 spiro atoms. The van der Waals surface area contributed by atoms with Crippen molar-refractivity contribution in [3.05, 3.63) is 12.3 Å². The molecule has 2 rings (SSSR count). The van der Waals surface area contributed by atoms with Crippen molar-refractivity contribution in [2.24, 2.45) is 17.8 Å². The Morgan fingerprint density at radius 1 is 1.00 bits per heavy atom. The van der Waals surface area contributed by atoms with Gasteiger partial charge >= 0.3 is 0 Å². The van der Waals surface area contributed by atoms with Crippen LogP contribution in [0.25, 0.3) is 0 Å². The monoisotopic (exact) mass is 250 g/mol. The highest BCUT2D eigenvalue weighted by molar-refractivity contribution is 4.83. The van der Waals surface area contributed by atoms with Crippen LogP contribution < -0.4 is 0 Å². The molecule has 1 heteroatoms. The van der Waals surface area contributed by atoms with Crippen LogP contribution >= 0.6 is 0 Å². The Hall–Kier alpha value is -0.460. The van der Waals surface area contributed by atoms with E-state index in [0.29, 0.717) is 6.10 Å². The molecule has 2 unspecified atom stereocenters. The summed E-state index contributed by atoms with van der Waals surface area (Å²) >= 11 is 0. The molecule has 0 bridgehead atoms. The molecule has 0 aromatic carbocycles. The van der Waals surface area contributed by atoms with E-state index in [0.717, 1.165) is 24.2 Å². The summed E-state index contributed by atoms with van der Waals surface area (Å²) in [4.78, 5) is 0. The third-order valence-electron chi connectivity index (χ3n) is 5.00. The van der Waals surface area contributed by atoms with Gasteiger partial charge in [-0.25, -0.2) is 0 Å². The molecule has 0 radical (unpaired) electrons. The van der Waals surface area contributed by atoms with Crippen LogP contribution in [0.1, 0.15) is 71.6 Å². The van der Waals surface area contributed by atoms with Crippen molar-refractivity contribution in [2.75, 3.05) is 0 Å². The number of ether oxygens (including phenoxy) is 1. The lowest BCUT2D eigenvalue weighted by molar-refractivity contribution is 0.0523. The molecule has 18 heavy (non-hydrogen) atoms. The van der Waals surface area contributed by atoms with E-state index in [4.69, 9.17) is 4.74 Å². The molecule has 0 aliphatic heterocycles. The lowest BCUT2D eigenvalue weighted by Crippen LogP contribution is -2.29. The quantitative estimate of drug-likeness (QED) is 0.614. The van der Waals surface area contributed by atoms with Crippen molar-refractivity contribution in [2.45, 2.75) is 77.7 Å². The Morgan fingerprint density at radius 2 is 1.78 bits per heavy atom. The van der Waals surface area contributed by atoms with Gasteiger partial charge in [-0.15, -0.1) is 0 Å². The van der Waals surface area contributed by atoms with E-state index in [1.165, 1.54) is 51.4 Å². The SMILES string of the molecule is CC/C=C/OC1CCCC(C2CCC(C)CC2)C1. The van der Waals surface area contributed by atoms with Crippen LogP contribution in [0.15, 0.2) is 12.3 Å². The minimum absolute atomic E-state index is 0.505. The maximum Gasteiger partial charge on any atom is 0.0981 e. The fraction of sp³-hybridized carbons (Fsp3) is 0.882. The average Bonchev–Trinajstić information content (AvgIpc) is 2.40. The van der Waals surface area contributed by atoms with Gasteiger partial charge in [0.15, 0.2) is 0 Å². The van der Waals surface area contributed by atoms with Crippen LogP contribution in [0.5, 0.6) is 0 Å². The molecule has 0 aromatic heterocycles. The average molecular weight is 250 g/mol. The molecule has 0 aromatic rings. The third-order valence-corrected chi connectivity index (χ3v) is 5.00. The molecule has 0 amide bonds. The summed E-state index contributed by atoms with van der Waals surface area (Å²) < 4.78 is 5.88. The van der Waals surface area contributed by atoms with E-state index in [2.05, 4.69) is 19.9 Å². The van der Waals surface area contributed by atoms with Gasteiger partial charge in [-0.1, -0.05) is 32.8 Å². The zero-order chi connectivity index (χ0) is 12.8. The molecular formula is C17H30O. The molecule has 0 N–H and O–H groups in total. The van der Waals surface area contributed by atoms with Gasteiger partial charge in [0, 0.05) is 0 Å². The van der Waals surface area contributed by atoms with Crippen molar-refractivity contribution in [1.29, 1.82) is 0 Å². The van der Waals surface area contributed by atoms with Gasteiger partial charge < -0.3 is 4.74 Å². The third kappa shape index (κ3) is 4.03. The van der Waals surface area contributed by atoms with Crippen LogP contribution in [-0.2, 0) is 4.74 Å². The van der Waals surface area contributed by atoms with Gasteiger partial charge in [-0.2, -0.15) is 0 Å². The van der Waals surface area contributed by atoms with Gasteiger partial charge in [0.2, 0.25) is 0 Å². The van der Waals surface area contributed by atoms with Crippen LogP contribution in [0, 0.1) is 17.8 Å². The van der Waals surface area contributed by atoms with Crippen molar-refractivity contribution in [3.63, 3.8) is 0 Å². The number of hydrogen-bond donors (Lipinski definition) is 0. The zero-order valence-electron chi connectivity index (χ0n) is 12.2. The highest BCUT2D eigenvalue weighted by Gasteiger charge is 2.30. The fourth-order valence-electron chi connectivity index (χ4n) is 3.75. The molecule has 2 saturated carbocycles. The van der Waals surface area contributed by atoms with Crippen molar-refractivity contribution in [1.82, 2.24) is 0 Å². The summed E-state index contributed by atoms with van der Waals surface area (Å²) in [6.07, 6.45) is 16.9. The van der Waals surface area contributed by atoms with Crippen LogP contribution in [0.3, 0.4) is 0 Å². The Balaban J connectivity index is 1.77. The van der Waals surface area contributed by atoms with E-state index >= 15 is 0 Å². The molecular weight excluding hydrogens is 220 g/mol. The van der Waals surface area contributed by atoms with Gasteiger partial charge in [-0.05, 0) is 62.7 Å². The van der Waals surface area contributed by atoms with Crippen molar-refractivity contribution in [3.8, 4) is 0 Å². The van der Waals surface area contributed by atoms with Crippen LogP contribution in [-0.4, -0.2) is 6.10 Å². The molecule has 2 aliphatic rings. The summed E-state index contributed by atoms with van der Waals surface area (Å²) in [6, 6.07) is 0. The highest BCUT2D eigenvalue weighted by Crippen LogP contribution is 2.40. The van der Waals surface area contributed by atoms with Gasteiger partial charge in [0.05, 0.1) is 12.4 Å². The first-order valence-corrected chi connectivity index (χ1v) is 8.10. The Labute approximate surface area is 113 Å². The molecule has 2 aliphatic carbocycles. The molecule has 104 valence electrons. The molecule has 0 heterocycles. The number of hydrogen-bond acceptors (Lipinski definition) is 1. The second-order valence-electron chi connectivity index (χ2n) is 6.48. The summed E-state index contributed by atoms with van der Waals surface area (Å²) in [5.41, 5.74) is 0. The number of allylic oxidation sites excluding steroid dienone is 1. The topological polar surface area (TPSA) is 9.23 Å². The first-order valence-electron chi connectivity index (χ1n) is 8.10. The lowest BCUT2D eigenvalue weighted by Gasteiger charge is -2.37. The summed E-state index contributed by atoms with van der Waals surface area (Å²) in [6.45, 7) is 4.57. The Bertz CT molecular complexity index is 250. The van der Waals surface area contributed by atoms with Crippen molar-refractivity contribution >= 4 is 0 Å². The largest absolute Gasteiger partial charge is 0.498 e.